The molecule has 0 radical (unpaired) electrons. The van der Waals surface area contributed by atoms with Gasteiger partial charge in [0.05, 0.1) is 11.2 Å². The largest absolute Gasteiger partial charge is 0.340 e. The quantitative estimate of drug-likeness (QED) is 0.347. The van der Waals surface area contributed by atoms with E-state index in [-0.39, 0.29) is 5.91 Å². The van der Waals surface area contributed by atoms with Crippen LogP contribution in [-0.2, 0) is 17.8 Å². The van der Waals surface area contributed by atoms with Gasteiger partial charge in [-0.05, 0) is 56.5 Å². The van der Waals surface area contributed by atoms with Crippen LogP contribution in [0.15, 0.2) is 48.7 Å². The number of nitrogens with zero attached hydrogens (tertiary/aromatic N) is 9. The topological polar surface area (TPSA) is 97.3 Å². The van der Waals surface area contributed by atoms with Gasteiger partial charge in [0.25, 0.3) is 0 Å². The Morgan fingerprint density at radius 3 is 2.58 bits per heavy atom. The Bertz CT molecular complexity index is 1620. The van der Waals surface area contributed by atoms with Crippen molar-refractivity contribution in [1.29, 1.82) is 0 Å². The molecule has 10 heteroatoms. The fourth-order valence-corrected chi connectivity index (χ4v) is 5.34. The third-order valence-corrected chi connectivity index (χ3v) is 7.49. The average molecular weight is 510 g/mol. The van der Waals surface area contributed by atoms with Gasteiger partial charge in [-0.3, -0.25) is 14.7 Å². The third-order valence-electron chi connectivity index (χ3n) is 7.49. The first-order valence-corrected chi connectivity index (χ1v) is 13.1. The molecular formula is C28H31N9O. The Morgan fingerprint density at radius 1 is 0.921 bits per heavy atom. The van der Waals surface area contributed by atoms with Gasteiger partial charge in [-0.2, -0.15) is 9.61 Å². The van der Waals surface area contributed by atoms with E-state index in [1.807, 2.05) is 54.7 Å². The van der Waals surface area contributed by atoms with Crippen LogP contribution in [0.1, 0.15) is 34.8 Å². The van der Waals surface area contributed by atoms with Crippen LogP contribution in [0.4, 0.5) is 0 Å². The zero-order valence-corrected chi connectivity index (χ0v) is 22.0. The molecule has 0 spiro atoms. The minimum Gasteiger partial charge on any atom is -0.340 e. The zero-order chi connectivity index (χ0) is 26.2. The van der Waals surface area contributed by atoms with E-state index >= 15 is 0 Å². The van der Waals surface area contributed by atoms with Crippen molar-refractivity contribution in [2.24, 2.45) is 0 Å². The number of hydrogen-bond donors (Lipinski definition) is 0. The van der Waals surface area contributed by atoms with Crippen molar-refractivity contribution in [3.8, 4) is 5.82 Å². The summed E-state index contributed by atoms with van der Waals surface area (Å²) in [5, 5.41) is 18.7. The molecular weight excluding hydrogens is 478 g/mol. The van der Waals surface area contributed by atoms with Crippen LogP contribution in [0, 0.1) is 20.8 Å². The van der Waals surface area contributed by atoms with Gasteiger partial charge in [-0.25, -0.2) is 4.68 Å². The number of carbonyl (C=O) groups excluding carboxylic acids is 1. The highest BCUT2D eigenvalue weighted by Gasteiger charge is 2.23. The summed E-state index contributed by atoms with van der Waals surface area (Å²) in [6.45, 7) is 9.96. The van der Waals surface area contributed by atoms with Gasteiger partial charge < -0.3 is 4.90 Å². The smallest absolute Gasteiger partial charge is 0.222 e. The second kappa shape index (κ2) is 9.94. The van der Waals surface area contributed by atoms with Crippen LogP contribution in [0.3, 0.4) is 0 Å². The Balaban J connectivity index is 1.07. The number of aromatic nitrogens is 7. The molecule has 1 aliphatic heterocycles. The van der Waals surface area contributed by atoms with Crippen LogP contribution in [-0.4, -0.2) is 76.5 Å². The predicted octanol–water partition coefficient (Wildman–Crippen LogP) is 3.06. The first-order chi connectivity index (χ1) is 18.5. The predicted molar refractivity (Wildman–Crippen MR) is 144 cm³/mol. The Morgan fingerprint density at radius 2 is 1.74 bits per heavy atom. The van der Waals surface area contributed by atoms with Crippen molar-refractivity contribution in [3.05, 3.63) is 77.0 Å². The van der Waals surface area contributed by atoms with Gasteiger partial charge in [-0.15, -0.1) is 15.3 Å². The highest BCUT2D eigenvalue weighted by molar-refractivity contribution is 5.81. The van der Waals surface area contributed by atoms with E-state index in [2.05, 4.69) is 49.4 Å². The van der Waals surface area contributed by atoms with Crippen LogP contribution >= 0.6 is 0 Å². The molecule has 0 atom stereocenters. The summed E-state index contributed by atoms with van der Waals surface area (Å²) >= 11 is 0. The Labute approximate surface area is 220 Å². The first-order valence-electron chi connectivity index (χ1n) is 13.1. The maximum absolute atomic E-state index is 13.1. The van der Waals surface area contributed by atoms with E-state index in [1.54, 1.807) is 4.52 Å². The fourth-order valence-electron chi connectivity index (χ4n) is 5.34. The second-order valence-corrected chi connectivity index (χ2v) is 9.92. The highest BCUT2D eigenvalue weighted by atomic mass is 16.2. The standard InChI is InChI=1S/C28H31N9O/c1-19-24(20(2)36(32-19)26-11-10-25-31-30-21(3)37(25)33-26)9-12-27(38)35-16-14-34(15-17-35)18-23-7-4-6-22-8-5-13-29-28(22)23/h4-8,10-11,13H,9,12,14-18H2,1-3H3. The molecule has 38 heavy (non-hydrogen) atoms. The van der Waals surface area contributed by atoms with E-state index in [4.69, 9.17) is 5.10 Å². The number of carbonyl (C=O) groups is 1. The van der Waals surface area contributed by atoms with Crippen molar-refractivity contribution >= 4 is 22.5 Å². The number of fused-ring (bicyclic) bond motifs is 2. The number of aryl methyl sites for hydroxylation is 2. The van der Waals surface area contributed by atoms with E-state index in [0.29, 0.717) is 24.3 Å². The first kappa shape index (κ1) is 24.2. The molecule has 0 aliphatic carbocycles. The van der Waals surface area contributed by atoms with Gasteiger partial charge >= 0.3 is 0 Å². The molecule has 6 rings (SSSR count). The van der Waals surface area contributed by atoms with Crippen LogP contribution in [0.25, 0.3) is 22.4 Å². The zero-order valence-electron chi connectivity index (χ0n) is 22.0. The molecule has 5 aromatic rings. The summed E-state index contributed by atoms with van der Waals surface area (Å²) in [7, 11) is 0. The van der Waals surface area contributed by atoms with E-state index in [9.17, 15) is 4.79 Å². The van der Waals surface area contributed by atoms with Crippen LogP contribution in [0.2, 0.25) is 0 Å². The molecule has 5 heterocycles. The maximum atomic E-state index is 13.1. The number of piperazine rings is 1. The van der Waals surface area contributed by atoms with Crippen molar-refractivity contribution in [2.75, 3.05) is 26.2 Å². The lowest BCUT2D eigenvalue weighted by Crippen LogP contribution is -2.48. The number of pyridine rings is 1. The summed E-state index contributed by atoms with van der Waals surface area (Å²) in [4.78, 5) is 22.1. The third kappa shape index (κ3) is 4.51. The van der Waals surface area contributed by atoms with Gasteiger partial charge in [0.15, 0.2) is 17.3 Å². The molecule has 0 saturated carbocycles. The molecule has 10 nitrogen and oxygen atoms in total. The molecule has 1 amide bonds. The highest BCUT2D eigenvalue weighted by Crippen LogP contribution is 2.21. The lowest BCUT2D eigenvalue weighted by Gasteiger charge is -2.35. The van der Waals surface area contributed by atoms with Gasteiger partial charge in [0, 0.05) is 56.4 Å². The number of rotatable bonds is 6. The van der Waals surface area contributed by atoms with Crippen molar-refractivity contribution in [2.45, 2.75) is 40.2 Å². The summed E-state index contributed by atoms with van der Waals surface area (Å²) in [6, 6.07) is 14.2. The second-order valence-electron chi connectivity index (χ2n) is 9.92. The van der Waals surface area contributed by atoms with Gasteiger partial charge in [0.1, 0.15) is 0 Å². The number of para-hydroxylation sites is 1. The normalized spacial score (nSPS) is 14.6. The van der Waals surface area contributed by atoms with Crippen molar-refractivity contribution in [1.82, 2.24) is 44.4 Å². The van der Waals surface area contributed by atoms with Gasteiger partial charge in [-0.1, -0.05) is 24.3 Å². The molecule has 0 bridgehead atoms. The molecule has 194 valence electrons. The summed E-state index contributed by atoms with van der Waals surface area (Å²) in [5.41, 5.74) is 6.02. The molecule has 4 aromatic heterocycles. The number of amides is 1. The Kier molecular flexibility index (Phi) is 6.32. The molecule has 0 N–H and O–H groups in total. The minimum atomic E-state index is 0.197. The monoisotopic (exact) mass is 509 g/mol. The van der Waals surface area contributed by atoms with Crippen LogP contribution in [0.5, 0.6) is 0 Å². The van der Waals surface area contributed by atoms with Crippen LogP contribution < -0.4 is 0 Å². The molecule has 1 aromatic carbocycles. The van der Waals surface area contributed by atoms with E-state index in [0.717, 1.165) is 66.4 Å². The Hall–Kier alpha value is -4.18. The number of hydrogen-bond acceptors (Lipinski definition) is 7. The molecule has 1 saturated heterocycles. The van der Waals surface area contributed by atoms with Crippen molar-refractivity contribution in [3.63, 3.8) is 0 Å². The molecule has 1 fully saturated rings. The van der Waals surface area contributed by atoms with Gasteiger partial charge in [0.2, 0.25) is 5.91 Å². The maximum Gasteiger partial charge on any atom is 0.222 e. The summed E-state index contributed by atoms with van der Waals surface area (Å²) < 4.78 is 3.56. The lowest BCUT2D eigenvalue weighted by atomic mass is 10.1. The molecule has 0 unspecified atom stereocenters. The number of benzene rings is 1. The lowest BCUT2D eigenvalue weighted by molar-refractivity contribution is -0.133. The average Bonchev–Trinajstić information content (AvgIpc) is 3.45. The minimum absolute atomic E-state index is 0.197. The molecule has 1 aliphatic rings. The van der Waals surface area contributed by atoms with Crippen molar-refractivity contribution < 1.29 is 4.79 Å². The SMILES string of the molecule is Cc1nn(-c2ccc3nnc(C)n3n2)c(C)c1CCC(=O)N1CCN(Cc2cccc3cccnc23)CC1. The van der Waals surface area contributed by atoms with E-state index in [1.165, 1.54) is 5.56 Å². The summed E-state index contributed by atoms with van der Waals surface area (Å²) in [5.74, 6) is 1.63. The van der Waals surface area contributed by atoms with E-state index < -0.39 is 0 Å². The fraction of sp³-hybridized carbons (Fsp3) is 0.357. The summed E-state index contributed by atoms with van der Waals surface area (Å²) in [6.07, 6.45) is 2.98.